The number of rotatable bonds is 4. The molecule has 1 heterocycles. The molecule has 5 nitrogen and oxygen atoms in total. The number of carbonyl (C=O) groups excluding carboxylic acids is 1. The van der Waals surface area contributed by atoms with Crippen LogP contribution in [0.1, 0.15) is 13.3 Å². The Morgan fingerprint density at radius 3 is 3.07 bits per heavy atom. The van der Waals surface area contributed by atoms with Gasteiger partial charge in [-0.3, -0.25) is 9.69 Å². The van der Waals surface area contributed by atoms with Gasteiger partial charge < -0.3 is 14.6 Å². The Labute approximate surface area is 90.0 Å². The van der Waals surface area contributed by atoms with Gasteiger partial charge in [-0.15, -0.1) is 0 Å². The minimum absolute atomic E-state index is 0.0292. The molecule has 0 aromatic carbocycles. The van der Waals surface area contributed by atoms with E-state index < -0.39 is 0 Å². The molecule has 88 valence electrons. The first kappa shape index (κ1) is 12.4. The molecule has 2 atom stereocenters. The van der Waals surface area contributed by atoms with Crippen LogP contribution in [0.2, 0.25) is 0 Å². The second-order valence-electron chi connectivity index (χ2n) is 3.80. The van der Waals surface area contributed by atoms with Gasteiger partial charge in [0.25, 0.3) is 0 Å². The molecule has 0 bridgehead atoms. The minimum Gasteiger partial charge on any atom is -0.469 e. The van der Waals surface area contributed by atoms with E-state index in [0.29, 0.717) is 19.6 Å². The zero-order valence-electron chi connectivity index (χ0n) is 9.31. The SMILES string of the molecule is COC(=O)CC(C)N1CCOC(CO)C1. The lowest BCUT2D eigenvalue weighted by Gasteiger charge is -2.35. The van der Waals surface area contributed by atoms with E-state index in [9.17, 15) is 4.79 Å². The van der Waals surface area contributed by atoms with E-state index in [4.69, 9.17) is 9.84 Å². The number of carbonyl (C=O) groups is 1. The maximum Gasteiger partial charge on any atom is 0.307 e. The smallest absolute Gasteiger partial charge is 0.307 e. The lowest BCUT2D eigenvalue weighted by Crippen LogP contribution is -2.48. The second kappa shape index (κ2) is 6.05. The Bertz CT molecular complexity index is 210. The number of ether oxygens (including phenoxy) is 2. The van der Waals surface area contributed by atoms with Crippen molar-refractivity contribution in [3.8, 4) is 0 Å². The molecular weight excluding hydrogens is 198 g/mol. The van der Waals surface area contributed by atoms with Crippen LogP contribution in [0.15, 0.2) is 0 Å². The van der Waals surface area contributed by atoms with E-state index in [2.05, 4.69) is 9.64 Å². The maximum atomic E-state index is 11.1. The molecule has 1 saturated heterocycles. The molecule has 1 aliphatic rings. The lowest BCUT2D eigenvalue weighted by atomic mass is 10.1. The van der Waals surface area contributed by atoms with Gasteiger partial charge in [0.15, 0.2) is 0 Å². The van der Waals surface area contributed by atoms with Gasteiger partial charge in [0.2, 0.25) is 0 Å². The molecular formula is C10H19NO4. The molecule has 0 amide bonds. The molecule has 1 N–H and O–H groups in total. The van der Waals surface area contributed by atoms with Crippen molar-refractivity contribution in [1.82, 2.24) is 4.90 Å². The molecule has 0 radical (unpaired) electrons. The Balaban J connectivity index is 2.37. The lowest BCUT2D eigenvalue weighted by molar-refractivity contribution is -0.142. The first-order valence-electron chi connectivity index (χ1n) is 5.20. The van der Waals surface area contributed by atoms with Crippen molar-refractivity contribution in [2.75, 3.05) is 33.4 Å². The zero-order valence-corrected chi connectivity index (χ0v) is 9.31. The average Bonchev–Trinajstić information content (AvgIpc) is 2.28. The number of aliphatic hydroxyl groups is 1. The summed E-state index contributed by atoms with van der Waals surface area (Å²) in [7, 11) is 1.39. The molecule has 0 saturated carbocycles. The molecule has 1 fully saturated rings. The van der Waals surface area contributed by atoms with E-state index >= 15 is 0 Å². The van der Waals surface area contributed by atoms with E-state index in [1.54, 1.807) is 0 Å². The van der Waals surface area contributed by atoms with Crippen molar-refractivity contribution in [2.45, 2.75) is 25.5 Å². The number of methoxy groups -OCH3 is 1. The van der Waals surface area contributed by atoms with E-state index in [1.165, 1.54) is 7.11 Å². The predicted molar refractivity (Wildman–Crippen MR) is 54.5 cm³/mol. The Morgan fingerprint density at radius 2 is 2.47 bits per heavy atom. The summed E-state index contributed by atoms with van der Waals surface area (Å²) >= 11 is 0. The van der Waals surface area contributed by atoms with Crippen molar-refractivity contribution in [1.29, 1.82) is 0 Å². The highest BCUT2D eigenvalue weighted by Gasteiger charge is 2.24. The van der Waals surface area contributed by atoms with Crippen LogP contribution in [-0.2, 0) is 14.3 Å². The first-order valence-corrected chi connectivity index (χ1v) is 5.20. The summed E-state index contributed by atoms with van der Waals surface area (Å²) in [4.78, 5) is 13.2. The third-order valence-corrected chi connectivity index (χ3v) is 2.69. The van der Waals surface area contributed by atoms with Gasteiger partial charge in [-0.1, -0.05) is 0 Å². The summed E-state index contributed by atoms with van der Waals surface area (Å²) in [6, 6.07) is 0.135. The number of nitrogens with zero attached hydrogens (tertiary/aromatic N) is 1. The molecule has 5 heteroatoms. The van der Waals surface area contributed by atoms with Crippen LogP contribution in [-0.4, -0.2) is 61.5 Å². The van der Waals surface area contributed by atoms with Crippen LogP contribution < -0.4 is 0 Å². The summed E-state index contributed by atoms with van der Waals surface area (Å²) < 4.78 is 9.95. The van der Waals surface area contributed by atoms with Gasteiger partial charge in [0.1, 0.15) is 0 Å². The van der Waals surface area contributed by atoms with Crippen LogP contribution in [0, 0.1) is 0 Å². The summed E-state index contributed by atoms with van der Waals surface area (Å²) in [5.41, 5.74) is 0. The Morgan fingerprint density at radius 1 is 1.73 bits per heavy atom. The number of esters is 1. The molecule has 2 unspecified atom stereocenters. The van der Waals surface area contributed by atoms with E-state index in [-0.39, 0.29) is 24.7 Å². The van der Waals surface area contributed by atoms with Gasteiger partial charge in [-0.2, -0.15) is 0 Å². The average molecular weight is 217 g/mol. The molecule has 0 spiro atoms. The topological polar surface area (TPSA) is 59.0 Å². The van der Waals surface area contributed by atoms with Crippen molar-refractivity contribution < 1.29 is 19.4 Å². The highest BCUT2D eigenvalue weighted by atomic mass is 16.5. The van der Waals surface area contributed by atoms with Crippen molar-refractivity contribution in [3.63, 3.8) is 0 Å². The molecule has 1 rings (SSSR count). The van der Waals surface area contributed by atoms with E-state index in [0.717, 1.165) is 6.54 Å². The number of morpholine rings is 1. The highest BCUT2D eigenvalue weighted by molar-refractivity contribution is 5.69. The number of hydrogen-bond donors (Lipinski definition) is 1. The van der Waals surface area contributed by atoms with Crippen LogP contribution in [0.25, 0.3) is 0 Å². The molecule has 0 aliphatic carbocycles. The summed E-state index contributed by atoms with van der Waals surface area (Å²) in [5, 5.41) is 8.98. The quantitative estimate of drug-likeness (QED) is 0.651. The second-order valence-corrected chi connectivity index (χ2v) is 3.80. The van der Waals surface area contributed by atoms with Crippen LogP contribution in [0.3, 0.4) is 0 Å². The van der Waals surface area contributed by atoms with Crippen molar-refractivity contribution in [2.24, 2.45) is 0 Å². The third kappa shape index (κ3) is 3.77. The fourth-order valence-corrected chi connectivity index (χ4v) is 1.71. The van der Waals surface area contributed by atoms with Gasteiger partial charge in [0, 0.05) is 19.1 Å². The number of aliphatic hydroxyl groups excluding tert-OH is 1. The van der Waals surface area contributed by atoms with E-state index in [1.807, 2.05) is 6.92 Å². The standard InChI is InChI=1S/C10H19NO4/c1-8(5-10(13)14-2)11-3-4-15-9(6-11)7-12/h8-9,12H,3-7H2,1-2H3. The Hall–Kier alpha value is -0.650. The fraction of sp³-hybridized carbons (Fsp3) is 0.900. The molecule has 0 aromatic rings. The zero-order chi connectivity index (χ0) is 11.3. The van der Waals surface area contributed by atoms with Gasteiger partial charge in [-0.25, -0.2) is 0 Å². The largest absolute Gasteiger partial charge is 0.469 e. The van der Waals surface area contributed by atoms with Gasteiger partial charge in [0.05, 0.1) is 32.8 Å². The predicted octanol–water partition coefficient (Wildman–Crippen LogP) is -0.369. The minimum atomic E-state index is -0.199. The van der Waals surface area contributed by atoms with Gasteiger partial charge in [-0.05, 0) is 6.92 Å². The summed E-state index contributed by atoms with van der Waals surface area (Å²) in [6.07, 6.45) is 0.258. The normalized spacial score (nSPS) is 24.9. The van der Waals surface area contributed by atoms with Crippen LogP contribution in [0.4, 0.5) is 0 Å². The molecule has 15 heavy (non-hydrogen) atoms. The Kier molecular flexibility index (Phi) is 5.01. The molecule has 1 aliphatic heterocycles. The monoisotopic (exact) mass is 217 g/mol. The summed E-state index contributed by atoms with van der Waals surface area (Å²) in [6.45, 7) is 4.10. The van der Waals surface area contributed by atoms with Crippen molar-refractivity contribution in [3.05, 3.63) is 0 Å². The summed E-state index contributed by atoms with van der Waals surface area (Å²) in [5.74, 6) is -0.199. The van der Waals surface area contributed by atoms with Crippen molar-refractivity contribution >= 4 is 5.97 Å². The van der Waals surface area contributed by atoms with Crippen LogP contribution in [0.5, 0.6) is 0 Å². The first-order chi connectivity index (χ1) is 7.17. The number of hydrogen-bond acceptors (Lipinski definition) is 5. The van der Waals surface area contributed by atoms with Gasteiger partial charge >= 0.3 is 5.97 Å². The van der Waals surface area contributed by atoms with Crippen LogP contribution >= 0.6 is 0 Å². The third-order valence-electron chi connectivity index (χ3n) is 2.69. The molecule has 0 aromatic heterocycles. The fourth-order valence-electron chi connectivity index (χ4n) is 1.71. The highest BCUT2D eigenvalue weighted by Crippen LogP contribution is 2.11. The maximum absolute atomic E-state index is 11.1.